The van der Waals surface area contributed by atoms with Crippen molar-refractivity contribution in [3.05, 3.63) is 0 Å². The fraction of sp³-hybridized carbons (Fsp3) is 1.00. The standard InChI is InChI=1S/C13H27NO/c1-11(2)8-13(15)10-14-9-12-6-4-3-5-7-12/h11-15H,3-10H2,1-2H3/t13-/m0/s1. The zero-order valence-electron chi connectivity index (χ0n) is 10.3. The molecule has 0 spiro atoms. The largest absolute Gasteiger partial charge is 0.392 e. The molecule has 1 atom stereocenters. The molecule has 1 aliphatic carbocycles. The normalized spacial score (nSPS) is 20.8. The summed E-state index contributed by atoms with van der Waals surface area (Å²) >= 11 is 0. The Balaban J connectivity index is 1.99. The number of aliphatic hydroxyl groups is 1. The minimum Gasteiger partial charge on any atom is -0.392 e. The molecule has 0 saturated heterocycles. The van der Waals surface area contributed by atoms with Crippen LogP contribution in [0.25, 0.3) is 0 Å². The highest BCUT2D eigenvalue weighted by molar-refractivity contribution is 4.69. The van der Waals surface area contributed by atoms with Crippen LogP contribution in [-0.2, 0) is 0 Å². The molecule has 0 unspecified atom stereocenters. The maximum atomic E-state index is 9.69. The zero-order valence-corrected chi connectivity index (χ0v) is 10.3. The van der Waals surface area contributed by atoms with Crippen LogP contribution in [0.2, 0.25) is 0 Å². The van der Waals surface area contributed by atoms with E-state index in [1.165, 1.54) is 32.1 Å². The molecule has 0 aliphatic heterocycles. The molecule has 0 amide bonds. The van der Waals surface area contributed by atoms with Crippen molar-refractivity contribution in [3.8, 4) is 0 Å². The lowest BCUT2D eigenvalue weighted by Crippen LogP contribution is -2.32. The zero-order chi connectivity index (χ0) is 11.1. The van der Waals surface area contributed by atoms with Crippen molar-refractivity contribution in [1.29, 1.82) is 0 Å². The van der Waals surface area contributed by atoms with Gasteiger partial charge in [0.05, 0.1) is 6.10 Å². The third kappa shape index (κ3) is 6.16. The Labute approximate surface area is 94.5 Å². The van der Waals surface area contributed by atoms with Gasteiger partial charge in [-0.1, -0.05) is 33.1 Å². The molecular formula is C13H27NO. The van der Waals surface area contributed by atoms with Crippen molar-refractivity contribution in [1.82, 2.24) is 5.32 Å². The Morgan fingerprint density at radius 2 is 1.87 bits per heavy atom. The summed E-state index contributed by atoms with van der Waals surface area (Å²) < 4.78 is 0. The monoisotopic (exact) mass is 213 g/mol. The molecule has 0 bridgehead atoms. The Bertz CT molecular complexity index is 153. The molecule has 1 rings (SSSR count). The molecular weight excluding hydrogens is 186 g/mol. The van der Waals surface area contributed by atoms with Gasteiger partial charge in [-0.15, -0.1) is 0 Å². The van der Waals surface area contributed by atoms with Gasteiger partial charge < -0.3 is 10.4 Å². The third-order valence-corrected chi connectivity index (χ3v) is 3.28. The first-order chi connectivity index (χ1) is 7.18. The molecule has 0 radical (unpaired) electrons. The van der Waals surface area contributed by atoms with E-state index in [0.29, 0.717) is 5.92 Å². The minimum absolute atomic E-state index is 0.159. The van der Waals surface area contributed by atoms with E-state index in [1.807, 2.05) is 0 Å². The predicted octanol–water partition coefficient (Wildman–Crippen LogP) is 2.56. The highest BCUT2D eigenvalue weighted by atomic mass is 16.3. The van der Waals surface area contributed by atoms with E-state index in [9.17, 15) is 5.11 Å². The maximum Gasteiger partial charge on any atom is 0.0667 e. The Morgan fingerprint density at radius 3 is 2.47 bits per heavy atom. The quantitative estimate of drug-likeness (QED) is 0.711. The summed E-state index contributed by atoms with van der Waals surface area (Å²) in [6, 6.07) is 0. The number of nitrogens with one attached hydrogen (secondary N) is 1. The number of rotatable bonds is 6. The Morgan fingerprint density at radius 1 is 1.20 bits per heavy atom. The summed E-state index contributed by atoms with van der Waals surface area (Å²) in [4.78, 5) is 0. The number of aliphatic hydroxyl groups excluding tert-OH is 1. The van der Waals surface area contributed by atoms with Crippen molar-refractivity contribution in [2.24, 2.45) is 11.8 Å². The molecule has 1 aliphatic rings. The second-order valence-corrected chi connectivity index (χ2v) is 5.45. The molecule has 0 heterocycles. The lowest BCUT2D eigenvalue weighted by molar-refractivity contribution is 0.143. The maximum absolute atomic E-state index is 9.69. The molecule has 15 heavy (non-hydrogen) atoms. The van der Waals surface area contributed by atoms with Crippen LogP contribution in [0.5, 0.6) is 0 Å². The van der Waals surface area contributed by atoms with Gasteiger partial charge in [0.25, 0.3) is 0 Å². The van der Waals surface area contributed by atoms with Gasteiger partial charge in [-0.2, -0.15) is 0 Å². The van der Waals surface area contributed by atoms with Crippen LogP contribution in [0.4, 0.5) is 0 Å². The summed E-state index contributed by atoms with van der Waals surface area (Å²) in [5.41, 5.74) is 0. The fourth-order valence-electron chi connectivity index (χ4n) is 2.47. The predicted molar refractivity (Wildman–Crippen MR) is 64.9 cm³/mol. The van der Waals surface area contributed by atoms with Gasteiger partial charge >= 0.3 is 0 Å². The third-order valence-electron chi connectivity index (χ3n) is 3.28. The second-order valence-electron chi connectivity index (χ2n) is 5.45. The summed E-state index contributed by atoms with van der Waals surface area (Å²) in [6.45, 7) is 6.19. The van der Waals surface area contributed by atoms with Crippen LogP contribution in [0.3, 0.4) is 0 Å². The van der Waals surface area contributed by atoms with Gasteiger partial charge in [0.15, 0.2) is 0 Å². The Hall–Kier alpha value is -0.0800. The van der Waals surface area contributed by atoms with Crippen LogP contribution in [-0.4, -0.2) is 24.3 Å². The van der Waals surface area contributed by atoms with E-state index in [4.69, 9.17) is 0 Å². The average molecular weight is 213 g/mol. The van der Waals surface area contributed by atoms with E-state index in [0.717, 1.165) is 25.4 Å². The van der Waals surface area contributed by atoms with E-state index in [2.05, 4.69) is 19.2 Å². The molecule has 0 aromatic heterocycles. The van der Waals surface area contributed by atoms with Gasteiger partial charge in [-0.25, -0.2) is 0 Å². The van der Waals surface area contributed by atoms with E-state index >= 15 is 0 Å². The summed E-state index contributed by atoms with van der Waals surface area (Å²) in [5.74, 6) is 1.46. The van der Waals surface area contributed by atoms with Gasteiger partial charge in [-0.05, 0) is 37.6 Å². The highest BCUT2D eigenvalue weighted by Crippen LogP contribution is 2.22. The minimum atomic E-state index is -0.159. The van der Waals surface area contributed by atoms with Crippen LogP contribution in [0.15, 0.2) is 0 Å². The smallest absolute Gasteiger partial charge is 0.0667 e. The average Bonchev–Trinajstić information content (AvgIpc) is 2.18. The first-order valence-electron chi connectivity index (χ1n) is 6.57. The van der Waals surface area contributed by atoms with Crippen LogP contribution in [0.1, 0.15) is 52.4 Å². The first-order valence-corrected chi connectivity index (χ1v) is 6.57. The van der Waals surface area contributed by atoms with Crippen LogP contribution in [0, 0.1) is 11.8 Å². The van der Waals surface area contributed by atoms with Crippen molar-refractivity contribution in [2.75, 3.05) is 13.1 Å². The van der Waals surface area contributed by atoms with Crippen molar-refractivity contribution < 1.29 is 5.11 Å². The molecule has 1 fully saturated rings. The van der Waals surface area contributed by atoms with E-state index in [1.54, 1.807) is 0 Å². The van der Waals surface area contributed by atoms with E-state index < -0.39 is 0 Å². The van der Waals surface area contributed by atoms with Gasteiger partial charge in [0.1, 0.15) is 0 Å². The molecule has 1 saturated carbocycles. The SMILES string of the molecule is CC(C)C[C@H](O)CNCC1CCCCC1. The van der Waals surface area contributed by atoms with E-state index in [-0.39, 0.29) is 6.10 Å². The molecule has 90 valence electrons. The van der Waals surface area contributed by atoms with Gasteiger partial charge in [-0.3, -0.25) is 0 Å². The van der Waals surface area contributed by atoms with Gasteiger partial charge in [0.2, 0.25) is 0 Å². The van der Waals surface area contributed by atoms with Crippen LogP contribution < -0.4 is 5.32 Å². The van der Waals surface area contributed by atoms with Crippen molar-refractivity contribution >= 4 is 0 Å². The summed E-state index contributed by atoms with van der Waals surface area (Å²) in [5, 5.41) is 13.1. The van der Waals surface area contributed by atoms with Gasteiger partial charge in [0, 0.05) is 6.54 Å². The second kappa shape index (κ2) is 7.24. The Kier molecular flexibility index (Phi) is 6.26. The van der Waals surface area contributed by atoms with Crippen molar-refractivity contribution in [2.45, 2.75) is 58.5 Å². The molecule has 2 nitrogen and oxygen atoms in total. The van der Waals surface area contributed by atoms with Crippen molar-refractivity contribution in [3.63, 3.8) is 0 Å². The molecule has 0 aromatic rings. The van der Waals surface area contributed by atoms with Crippen LogP contribution >= 0.6 is 0 Å². The fourth-order valence-corrected chi connectivity index (χ4v) is 2.47. The number of hydrogen-bond donors (Lipinski definition) is 2. The summed E-state index contributed by atoms with van der Waals surface area (Å²) in [6.07, 6.45) is 7.75. The first kappa shape index (κ1) is 13.0. The number of hydrogen-bond acceptors (Lipinski definition) is 2. The topological polar surface area (TPSA) is 32.3 Å². The highest BCUT2D eigenvalue weighted by Gasteiger charge is 2.13. The molecule has 2 heteroatoms. The lowest BCUT2D eigenvalue weighted by Gasteiger charge is -2.22. The molecule has 2 N–H and O–H groups in total. The summed E-state index contributed by atoms with van der Waals surface area (Å²) in [7, 11) is 0. The lowest BCUT2D eigenvalue weighted by atomic mass is 9.89. The molecule has 0 aromatic carbocycles.